The van der Waals surface area contributed by atoms with Gasteiger partial charge in [-0.3, -0.25) is 0 Å². The highest BCUT2D eigenvalue weighted by atomic mass is 16.3. The van der Waals surface area contributed by atoms with E-state index in [1.54, 1.807) is 0 Å². The number of fused-ring (bicyclic) bond motifs is 7. The number of furan rings is 1. The van der Waals surface area contributed by atoms with Crippen LogP contribution >= 0.6 is 0 Å². The second kappa shape index (κ2) is 6.46. The molecule has 3 heterocycles. The minimum atomic E-state index is 0.947. The summed E-state index contributed by atoms with van der Waals surface area (Å²) in [6, 6.07) is 17.4. The van der Waals surface area contributed by atoms with Crippen LogP contribution in [0, 0.1) is 34.6 Å². The molecule has 0 unspecified atom stereocenters. The lowest BCUT2D eigenvalue weighted by Crippen LogP contribution is -2.34. The predicted octanol–water partition coefficient (Wildman–Crippen LogP) is 7.05. The summed E-state index contributed by atoms with van der Waals surface area (Å²) in [7, 11) is 2.13. The highest BCUT2D eigenvalue weighted by Crippen LogP contribution is 2.44. The molecule has 0 bridgehead atoms. The molecule has 0 N–H and O–H groups in total. The molecule has 0 spiro atoms. The fourth-order valence-electron chi connectivity index (χ4n) is 5.28. The van der Waals surface area contributed by atoms with Gasteiger partial charge in [0.05, 0.1) is 18.6 Å². The number of rotatable bonds is 1. The SMILES string of the molecule is Cc1ccc2c(c1)c1c3oc4ccccc4c3c(C)c(C)c1n2-c1cc(C)c(C)c[n+]1C. The molecule has 6 aromatic rings. The first-order chi connectivity index (χ1) is 15.4. The molecule has 6 rings (SSSR count). The maximum absolute atomic E-state index is 6.55. The first kappa shape index (κ1) is 19.1. The molecule has 158 valence electrons. The van der Waals surface area contributed by atoms with E-state index in [1.807, 2.05) is 6.07 Å². The normalized spacial score (nSPS) is 12.1. The number of para-hydroxylation sites is 1. The molecule has 32 heavy (non-hydrogen) atoms. The van der Waals surface area contributed by atoms with Crippen molar-refractivity contribution in [1.29, 1.82) is 0 Å². The molecule has 0 saturated heterocycles. The van der Waals surface area contributed by atoms with Crippen molar-refractivity contribution in [2.24, 2.45) is 7.05 Å². The number of nitrogens with zero attached hydrogens (tertiary/aromatic N) is 2. The maximum Gasteiger partial charge on any atom is 0.286 e. The highest BCUT2D eigenvalue weighted by Gasteiger charge is 2.28. The molecule has 0 radical (unpaired) electrons. The van der Waals surface area contributed by atoms with Gasteiger partial charge < -0.3 is 4.42 Å². The molecule has 3 heteroatoms. The number of aryl methyl sites for hydroxylation is 6. The molecular weight excluding hydrogens is 392 g/mol. The largest absolute Gasteiger partial charge is 0.455 e. The van der Waals surface area contributed by atoms with E-state index in [4.69, 9.17) is 4.42 Å². The molecular formula is C29H27N2O+. The van der Waals surface area contributed by atoms with Crippen molar-refractivity contribution >= 4 is 43.7 Å². The maximum atomic E-state index is 6.55. The van der Waals surface area contributed by atoms with Crippen molar-refractivity contribution in [2.75, 3.05) is 0 Å². The third-order valence-electron chi connectivity index (χ3n) is 7.18. The van der Waals surface area contributed by atoms with Gasteiger partial charge in [-0.05, 0) is 69.5 Å². The van der Waals surface area contributed by atoms with Gasteiger partial charge in [0.2, 0.25) is 0 Å². The van der Waals surface area contributed by atoms with Crippen LogP contribution in [0.1, 0.15) is 27.8 Å². The summed E-state index contributed by atoms with van der Waals surface area (Å²) in [5.41, 5.74) is 10.8. The molecule has 0 aliphatic heterocycles. The van der Waals surface area contributed by atoms with Crippen molar-refractivity contribution in [1.82, 2.24) is 4.57 Å². The highest BCUT2D eigenvalue weighted by molar-refractivity contribution is 6.25. The van der Waals surface area contributed by atoms with Crippen LogP contribution in [0.25, 0.3) is 49.6 Å². The van der Waals surface area contributed by atoms with Crippen LogP contribution in [0.5, 0.6) is 0 Å². The van der Waals surface area contributed by atoms with Gasteiger partial charge in [-0.15, -0.1) is 0 Å². The Morgan fingerprint density at radius 1 is 0.781 bits per heavy atom. The molecule has 3 aromatic heterocycles. The van der Waals surface area contributed by atoms with E-state index in [9.17, 15) is 0 Å². The van der Waals surface area contributed by atoms with Crippen molar-refractivity contribution in [2.45, 2.75) is 34.6 Å². The van der Waals surface area contributed by atoms with Gasteiger partial charge in [0.1, 0.15) is 22.2 Å². The quantitative estimate of drug-likeness (QED) is 0.262. The van der Waals surface area contributed by atoms with Crippen LogP contribution in [0.4, 0.5) is 0 Å². The van der Waals surface area contributed by atoms with Crippen molar-refractivity contribution in [3.05, 3.63) is 82.5 Å². The van der Waals surface area contributed by atoms with Crippen LogP contribution in [-0.2, 0) is 7.05 Å². The van der Waals surface area contributed by atoms with Crippen molar-refractivity contribution in [3.8, 4) is 5.82 Å². The number of pyridine rings is 1. The second-order valence-electron chi connectivity index (χ2n) is 9.24. The summed E-state index contributed by atoms with van der Waals surface area (Å²) in [6.45, 7) is 11.0. The van der Waals surface area contributed by atoms with Crippen LogP contribution in [0.15, 0.2) is 59.1 Å². The van der Waals surface area contributed by atoms with Crippen LogP contribution in [0.3, 0.4) is 0 Å². The second-order valence-corrected chi connectivity index (χ2v) is 9.24. The van der Waals surface area contributed by atoms with Gasteiger partial charge in [0.25, 0.3) is 5.82 Å². The van der Waals surface area contributed by atoms with E-state index in [2.05, 4.69) is 99.5 Å². The Kier molecular flexibility index (Phi) is 3.86. The fraction of sp³-hybridized carbons (Fsp3) is 0.207. The van der Waals surface area contributed by atoms with E-state index in [-0.39, 0.29) is 0 Å². The minimum Gasteiger partial charge on any atom is -0.455 e. The first-order valence-corrected chi connectivity index (χ1v) is 11.2. The summed E-state index contributed by atoms with van der Waals surface area (Å²) < 4.78 is 11.2. The van der Waals surface area contributed by atoms with Gasteiger partial charge in [-0.2, -0.15) is 4.57 Å². The summed E-state index contributed by atoms with van der Waals surface area (Å²) in [5, 5.41) is 4.87. The number of hydrogen-bond donors (Lipinski definition) is 0. The fourth-order valence-corrected chi connectivity index (χ4v) is 5.28. The molecule has 0 saturated carbocycles. The Balaban J connectivity index is 1.94. The van der Waals surface area contributed by atoms with Gasteiger partial charge in [-0.25, -0.2) is 4.57 Å². The summed E-state index contributed by atoms with van der Waals surface area (Å²) >= 11 is 0. The molecule has 0 aliphatic carbocycles. The molecule has 0 aliphatic rings. The number of hydrogen-bond acceptors (Lipinski definition) is 1. The predicted molar refractivity (Wildman–Crippen MR) is 133 cm³/mol. The van der Waals surface area contributed by atoms with Gasteiger partial charge in [0.15, 0.2) is 0 Å². The van der Waals surface area contributed by atoms with Gasteiger partial charge >= 0.3 is 0 Å². The monoisotopic (exact) mass is 419 g/mol. The van der Waals surface area contributed by atoms with Crippen molar-refractivity contribution < 1.29 is 8.98 Å². The Bertz CT molecular complexity index is 1730. The van der Waals surface area contributed by atoms with Crippen molar-refractivity contribution in [3.63, 3.8) is 0 Å². The molecule has 0 amide bonds. The Hall–Kier alpha value is -3.59. The Morgan fingerprint density at radius 3 is 2.38 bits per heavy atom. The standard InChI is InChI=1S/C29H27N2O/c1-16-11-12-23-22(13-16)27-28(31(23)25-14-17(2)18(3)15-30(25)6)20(5)19(4)26-21-9-7-8-10-24(21)32-29(26)27/h7-15H,1-6H3/q+1. The van der Waals surface area contributed by atoms with E-state index in [0.717, 1.165) is 17.0 Å². The van der Waals surface area contributed by atoms with Gasteiger partial charge in [-0.1, -0.05) is 29.8 Å². The average Bonchev–Trinajstić information content (AvgIpc) is 3.30. The zero-order valence-electron chi connectivity index (χ0n) is 19.5. The third-order valence-corrected chi connectivity index (χ3v) is 7.18. The average molecular weight is 420 g/mol. The van der Waals surface area contributed by atoms with Crippen LogP contribution in [-0.4, -0.2) is 4.57 Å². The third kappa shape index (κ3) is 2.39. The van der Waals surface area contributed by atoms with E-state index in [1.165, 1.54) is 60.4 Å². The van der Waals surface area contributed by atoms with Crippen LogP contribution < -0.4 is 4.57 Å². The zero-order chi connectivity index (χ0) is 22.3. The summed E-state index contributed by atoms with van der Waals surface area (Å²) in [4.78, 5) is 0. The Labute approximate surface area is 187 Å². The minimum absolute atomic E-state index is 0.947. The van der Waals surface area contributed by atoms with Gasteiger partial charge in [0, 0.05) is 27.8 Å². The van der Waals surface area contributed by atoms with E-state index >= 15 is 0 Å². The lowest BCUT2D eigenvalue weighted by Gasteiger charge is -2.10. The van der Waals surface area contributed by atoms with E-state index < -0.39 is 0 Å². The van der Waals surface area contributed by atoms with Crippen LogP contribution in [0.2, 0.25) is 0 Å². The molecule has 3 aromatic carbocycles. The molecule has 0 atom stereocenters. The summed E-state index contributed by atoms with van der Waals surface area (Å²) in [6.07, 6.45) is 2.22. The first-order valence-electron chi connectivity index (χ1n) is 11.2. The lowest BCUT2D eigenvalue weighted by molar-refractivity contribution is -0.665. The Morgan fingerprint density at radius 2 is 1.56 bits per heavy atom. The topological polar surface area (TPSA) is 21.9 Å². The molecule has 0 fully saturated rings. The number of aromatic nitrogens is 2. The lowest BCUT2D eigenvalue weighted by atomic mass is 9.98. The van der Waals surface area contributed by atoms with E-state index in [0.29, 0.717) is 0 Å². The molecule has 3 nitrogen and oxygen atoms in total. The number of benzene rings is 3. The smallest absolute Gasteiger partial charge is 0.286 e. The summed E-state index contributed by atoms with van der Waals surface area (Å²) in [5.74, 6) is 1.16. The zero-order valence-corrected chi connectivity index (χ0v) is 19.5.